The normalized spacial score (nSPS) is 37.3. The maximum atomic E-state index is 12.3. The van der Waals surface area contributed by atoms with Gasteiger partial charge in [0.25, 0.3) is 0 Å². The summed E-state index contributed by atoms with van der Waals surface area (Å²) < 4.78 is 41.1. The van der Waals surface area contributed by atoms with Crippen LogP contribution in [0.2, 0.25) is 0 Å². The number of allylic oxidation sites excluding steroid dienone is 1. The van der Waals surface area contributed by atoms with Crippen LogP contribution in [0.15, 0.2) is 12.7 Å². The van der Waals surface area contributed by atoms with Gasteiger partial charge in [-0.3, -0.25) is 4.74 Å². The van der Waals surface area contributed by atoms with E-state index in [9.17, 15) is 13.2 Å². The van der Waals surface area contributed by atoms with Gasteiger partial charge >= 0.3 is 6.36 Å². The van der Waals surface area contributed by atoms with E-state index in [0.717, 1.165) is 24.7 Å². The third kappa shape index (κ3) is 5.81. The Labute approximate surface area is 138 Å². The molecule has 2 aliphatic carbocycles. The minimum Gasteiger partial charge on any atom is -0.289 e. The van der Waals surface area contributed by atoms with Crippen molar-refractivity contribution in [2.75, 3.05) is 0 Å². The molecular weight excluding hydrogens is 301 g/mol. The summed E-state index contributed by atoms with van der Waals surface area (Å²) in [6.45, 7) is 8.46. The van der Waals surface area contributed by atoms with Gasteiger partial charge in [-0.25, -0.2) is 0 Å². The highest BCUT2D eigenvalue weighted by molar-refractivity contribution is 4.87. The largest absolute Gasteiger partial charge is 0.522 e. The predicted molar refractivity (Wildman–Crippen MR) is 86.9 cm³/mol. The molecular formula is C19H31F3O. The Morgan fingerprint density at radius 2 is 1.70 bits per heavy atom. The molecule has 0 amide bonds. The number of hydrogen-bond acceptors (Lipinski definition) is 1. The van der Waals surface area contributed by atoms with Crippen LogP contribution in [-0.4, -0.2) is 12.5 Å². The summed E-state index contributed by atoms with van der Waals surface area (Å²) in [6.07, 6.45) is 4.83. The molecule has 0 spiro atoms. The Morgan fingerprint density at radius 3 is 2.22 bits per heavy atom. The van der Waals surface area contributed by atoms with Gasteiger partial charge in [-0.1, -0.05) is 19.9 Å². The highest BCUT2D eigenvalue weighted by Gasteiger charge is 2.38. The molecule has 0 aromatic carbocycles. The number of halogens is 3. The Hall–Kier alpha value is -0.510. The van der Waals surface area contributed by atoms with Gasteiger partial charge in [0.05, 0.1) is 6.10 Å². The van der Waals surface area contributed by atoms with Crippen LogP contribution in [0.1, 0.15) is 65.2 Å². The van der Waals surface area contributed by atoms with E-state index in [-0.39, 0.29) is 0 Å². The van der Waals surface area contributed by atoms with E-state index in [4.69, 9.17) is 0 Å². The maximum absolute atomic E-state index is 12.3. The summed E-state index contributed by atoms with van der Waals surface area (Å²) in [4.78, 5) is 0. The summed E-state index contributed by atoms with van der Waals surface area (Å²) >= 11 is 0. The molecule has 4 heteroatoms. The van der Waals surface area contributed by atoms with Crippen LogP contribution >= 0.6 is 0 Å². The van der Waals surface area contributed by atoms with Crippen LogP contribution in [0.4, 0.5) is 13.2 Å². The van der Waals surface area contributed by atoms with Crippen molar-refractivity contribution < 1.29 is 17.9 Å². The second kappa shape index (κ2) is 8.04. The van der Waals surface area contributed by atoms with Gasteiger partial charge in [-0.2, -0.15) is 0 Å². The van der Waals surface area contributed by atoms with E-state index < -0.39 is 12.5 Å². The monoisotopic (exact) mass is 332 g/mol. The zero-order chi connectivity index (χ0) is 17.0. The SMILES string of the molecule is C=CC(C)CC1CCC(C2CCC(OC(F)(F)F)CC2)CC1C. The lowest BCUT2D eigenvalue weighted by atomic mass is 9.65. The van der Waals surface area contributed by atoms with Crippen molar-refractivity contribution in [3.63, 3.8) is 0 Å². The second-order valence-corrected chi connectivity index (χ2v) is 7.86. The van der Waals surface area contributed by atoms with Gasteiger partial charge in [-0.15, -0.1) is 19.8 Å². The molecule has 0 bridgehead atoms. The summed E-state index contributed by atoms with van der Waals surface area (Å²) in [7, 11) is 0. The molecule has 134 valence electrons. The van der Waals surface area contributed by atoms with E-state index in [1.165, 1.54) is 25.7 Å². The molecule has 0 radical (unpaired) electrons. The molecule has 4 atom stereocenters. The number of alkyl halides is 3. The van der Waals surface area contributed by atoms with Crippen molar-refractivity contribution in [3.8, 4) is 0 Å². The molecule has 0 aliphatic heterocycles. The lowest BCUT2D eigenvalue weighted by Gasteiger charge is -2.41. The highest BCUT2D eigenvalue weighted by atomic mass is 19.4. The Bertz CT molecular complexity index is 371. The third-order valence-corrected chi connectivity index (χ3v) is 6.15. The minimum absolute atomic E-state index is 0.561. The molecule has 2 aliphatic rings. The highest BCUT2D eigenvalue weighted by Crippen LogP contribution is 2.44. The average molecular weight is 332 g/mol. The summed E-state index contributed by atoms with van der Waals surface area (Å²) in [5, 5.41) is 0. The maximum Gasteiger partial charge on any atom is 0.522 e. The average Bonchev–Trinajstić information content (AvgIpc) is 2.48. The Morgan fingerprint density at radius 1 is 1.09 bits per heavy atom. The van der Waals surface area contributed by atoms with Crippen molar-refractivity contribution >= 4 is 0 Å². The molecule has 0 saturated heterocycles. The fourth-order valence-electron chi connectivity index (χ4n) is 4.72. The van der Waals surface area contributed by atoms with Gasteiger partial charge in [0.2, 0.25) is 0 Å². The first kappa shape index (κ1) is 18.8. The zero-order valence-corrected chi connectivity index (χ0v) is 14.4. The van der Waals surface area contributed by atoms with Gasteiger partial charge in [-0.05, 0) is 81.0 Å². The van der Waals surface area contributed by atoms with Crippen LogP contribution in [-0.2, 0) is 4.74 Å². The van der Waals surface area contributed by atoms with Crippen molar-refractivity contribution in [1.29, 1.82) is 0 Å². The molecule has 0 heterocycles. The molecule has 2 rings (SSSR count). The second-order valence-electron chi connectivity index (χ2n) is 7.86. The molecule has 2 fully saturated rings. The molecule has 0 aromatic rings. The summed E-state index contributed by atoms with van der Waals surface area (Å²) in [5.41, 5.74) is 0. The third-order valence-electron chi connectivity index (χ3n) is 6.15. The lowest BCUT2D eigenvalue weighted by molar-refractivity contribution is -0.346. The molecule has 1 nitrogen and oxygen atoms in total. The first-order valence-corrected chi connectivity index (χ1v) is 9.15. The summed E-state index contributed by atoms with van der Waals surface area (Å²) in [6, 6.07) is 0. The quantitative estimate of drug-likeness (QED) is 0.533. The van der Waals surface area contributed by atoms with Gasteiger partial charge < -0.3 is 0 Å². The summed E-state index contributed by atoms with van der Waals surface area (Å²) in [5.74, 6) is 3.38. The van der Waals surface area contributed by atoms with Crippen molar-refractivity contribution in [2.45, 2.75) is 77.7 Å². The number of hydrogen-bond donors (Lipinski definition) is 0. The van der Waals surface area contributed by atoms with Gasteiger partial charge in [0.15, 0.2) is 0 Å². The first-order valence-electron chi connectivity index (χ1n) is 9.15. The van der Waals surface area contributed by atoms with E-state index >= 15 is 0 Å². The Balaban J connectivity index is 1.76. The van der Waals surface area contributed by atoms with E-state index in [2.05, 4.69) is 25.2 Å². The molecule has 23 heavy (non-hydrogen) atoms. The van der Waals surface area contributed by atoms with Crippen LogP contribution in [0.3, 0.4) is 0 Å². The first-order chi connectivity index (χ1) is 10.8. The standard InChI is InChI=1S/C19H31F3O/c1-4-13(2)11-16-5-6-17(12-14(16)3)15-7-9-18(10-8-15)23-19(20,21)22/h4,13-18H,1,5-12H2,2-3H3. The molecule has 0 aromatic heterocycles. The van der Waals surface area contributed by atoms with Crippen LogP contribution in [0.25, 0.3) is 0 Å². The van der Waals surface area contributed by atoms with Crippen LogP contribution in [0.5, 0.6) is 0 Å². The fourth-order valence-corrected chi connectivity index (χ4v) is 4.72. The molecule has 4 unspecified atom stereocenters. The van der Waals surface area contributed by atoms with Crippen molar-refractivity contribution in [3.05, 3.63) is 12.7 Å². The fraction of sp³-hybridized carbons (Fsp3) is 0.895. The van der Waals surface area contributed by atoms with E-state index in [1.54, 1.807) is 0 Å². The van der Waals surface area contributed by atoms with Crippen LogP contribution in [0, 0.1) is 29.6 Å². The smallest absolute Gasteiger partial charge is 0.289 e. The number of rotatable bonds is 5. The van der Waals surface area contributed by atoms with E-state index in [0.29, 0.717) is 30.6 Å². The van der Waals surface area contributed by atoms with Crippen molar-refractivity contribution in [1.82, 2.24) is 0 Å². The van der Waals surface area contributed by atoms with E-state index in [1.807, 2.05) is 6.08 Å². The Kier molecular flexibility index (Phi) is 6.58. The predicted octanol–water partition coefficient (Wildman–Crippen LogP) is 6.35. The van der Waals surface area contributed by atoms with Crippen molar-refractivity contribution in [2.24, 2.45) is 29.6 Å². The molecule has 2 saturated carbocycles. The van der Waals surface area contributed by atoms with Crippen LogP contribution < -0.4 is 0 Å². The molecule has 0 N–H and O–H groups in total. The lowest BCUT2D eigenvalue weighted by Crippen LogP contribution is -2.33. The van der Waals surface area contributed by atoms with Gasteiger partial charge in [0, 0.05) is 0 Å². The topological polar surface area (TPSA) is 9.23 Å². The minimum atomic E-state index is -4.48. The number of ether oxygens (including phenoxy) is 1. The zero-order valence-electron chi connectivity index (χ0n) is 14.4. The van der Waals surface area contributed by atoms with Gasteiger partial charge in [0.1, 0.15) is 0 Å².